The number of ether oxygens (including phenoxy) is 1. The van der Waals surface area contributed by atoms with Crippen molar-refractivity contribution >= 4 is 11.8 Å². The first-order valence-electron chi connectivity index (χ1n) is 8.40. The molecule has 2 N–H and O–H groups in total. The van der Waals surface area contributed by atoms with Gasteiger partial charge in [-0.1, -0.05) is 18.2 Å². The van der Waals surface area contributed by atoms with Gasteiger partial charge < -0.3 is 15.4 Å². The average molecular weight is 340 g/mol. The summed E-state index contributed by atoms with van der Waals surface area (Å²) >= 11 is 0. The van der Waals surface area contributed by atoms with Gasteiger partial charge in [0.25, 0.3) is 11.8 Å². The molecule has 2 aliphatic heterocycles. The highest BCUT2D eigenvalue weighted by Crippen LogP contribution is 2.38. The number of nitrogens with two attached hydrogens (primary N) is 1. The number of primary amides is 1. The normalized spacial score (nSPS) is 22.6. The molecule has 3 heterocycles. The minimum absolute atomic E-state index is 0.0875. The molecule has 0 radical (unpaired) electrons. The van der Waals surface area contributed by atoms with Crippen molar-refractivity contribution in [2.45, 2.75) is 12.8 Å². The summed E-state index contributed by atoms with van der Waals surface area (Å²) < 4.78 is 6.94. The monoisotopic (exact) mass is 340 g/mol. The van der Waals surface area contributed by atoms with Gasteiger partial charge in [-0.3, -0.25) is 9.59 Å². The minimum Gasteiger partial charge on any atom is -0.381 e. The Bertz CT molecular complexity index is 809. The number of benzene rings is 1. The van der Waals surface area contributed by atoms with E-state index in [1.54, 1.807) is 4.90 Å². The topological polar surface area (TPSA) is 90.5 Å². The molecule has 2 amide bonds. The van der Waals surface area contributed by atoms with Crippen LogP contribution in [0.2, 0.25) is 0 Å². The summed E-state index contributed by atoms with van der Waals surface area (Å²) in [7, 11) is 0. The van der Waals surface area contributed by atoms with E-state index >= 15 is 0 Å². The summed E-state index contributed by atoms with van der Waals surface area (Å²) in [4.78, 5) is 26.4. The first kappa shape index (κ1) is 15.8. The van der Waals surface area contributed by atoms with Gasteiger partial charge in [0.1, 0.15) is 5.69 Å². The zero-order valence-electron chi connectivity index (χ0n) is 13.9. The Kier molecular flexibility index (Phi) is 3.80. The summed E-state index contributed by atoms with van der Waals surface area (Å²) in [6.45, 7) is 2.83. The highest BCUT2D eigenvalue weighted by molar-refractivity contribution is 5.97. The fourth-order valence-corrected chi connectivity index (χ4v) is 3.67. The molecule has 1 atom stereocenters. The molecule has 130 valence electrons. The standard InChI is InChI=1S/C18H20N4O3/c19-16(23)15-10-14(20-22(15)13-4-2-1-3-5-13)17(24)21-8-6-18(11-21)7-9-25-12-18/h1-5,10H,6-9,11-12H2,(H2,19,23). The number of para-hydroxylation sites is 1. The van der Waals surface area contributed by atoms with Crippen LogP contribution >= 0.6 is 0 Å². The van der Waals surface area contributed by atoms with Crippen LogP contribution in [0.1, 0.15) is 33.8 Å². The number of carbonyl (C=O) groups is 2. The molecule has 7 nitrogen and oxygen atoms in total. The quantitative estimate of drug-likeness (QED) is 0.910. The number of aromatic nitrogens is 2. The van der Waals surface area contributed by atoms with Crippen LogP contribution in [0.3, 0.4) is 0 Å². The summed E-state index contributed by atoms with van der Waals surface area (Å²) in [5, 5.41) is 4.35. The molecule has 4 rings (SSSR count). The fraction of sp³-hybridized carbons (Fsp3) is 0.389. The van der Waals surface area contributed by atoms with Gasteiger partial charge in [0.2, 0.25) is 0 Å². The van der Waals surface area contributed by atoms with E-state index in [2.05, 4.69) is 5.10 Å². The van der Waals surface area contributed by atoms with E-state index in [4.69, 9.17) is 10.5 Å². The van der Waals surface area contributed by atoms with Crippen molar-refractivity contribution in [3.05, 3.63) is 47.8 Å². The summed E-state index contributed by atoms with van der Waals surface area (Å²) in [5.41, 5.74) is 6.70. The number of likely N-dealkylation sites (tertiary alicyclic amines) is 1. The van der Waals surface area contributed by atoms with E-state index in [-0.39, 0.29) is 22.7 Å². The van der Waals surface area contributed by atoms with Gasteiger partial charge in [-0.15, -0.1) is 0 Å². The lowest BCUT2D eigenvalue weighted by molar-refractivity contribution is 0.0759. The van der Waals surface area contributed by atoms with Crippen LogP contribution in [0.4, 0.5) is 0 Å². The van der Waals surface area contributed by atoms with Crippen LogP contribution < -0.4 is 5.73 Å². The smallest absolute Gasteiger partial charge is 0.274 e. The molecule has 2 saturated heterocycles. The van der Waals surface area contributed by atoms with E-state index in [0.717, 1.165) is 19.4 Å². The number of hydrogen-bond donors (Lipinski definition) is 1. The number of hydrogen-bond acceptors (Lipinski definition) is 4. The molecule has 0 bridgehead atoms. The number of amides is 2. The van der Waals surface area contributed by atoms with Crippen LogP contribution in [-0.2, 0) is 4.74 Å². The predicted molar refractivity (Wildman–Crippen MR) is 90.5 cm³/mol. The van der Waals surface area contributed by atoms with Gasteiger partial charge in [0, 0.05) is 31.2 Å². The molecule has 2 aliphatic rings. The second-order valence-electron chi connectivity index (χ2n) is 6.81. The lowest BCUT2D eigenvalue weighted by Gasteiger charge is -2.21. The third-order valence-corrected chi connectivity index (χ3v) is 5.09. The number of carbonyl (C=O) groups excluding carboxylic acids is 2. The minimum atomic E-state index is -0.613. The Morgan fingerprint density at radius 1 is 1.20 bits per heavy atom. The zero-order chi connectivity index (χ0) is 17.4. The third kappa shape index (κ3) is 2.80. The van der Waals surface area contributed by atoms with Crippen LogP contribution in [0.5, 0.6) is 0 Å². The van der Waals surface area contributed by atoms with Gasteiger partial charge in [-0.25, -0.2) is 4.68 Å². The van der Waals surface area contributed by atoms with E-state index in [1.807, 2.05) is 30.3 Å². The molecule has 25 heavy (non-hydrogen) atoms. The van der Waals surface area contributed by atoms with Crippen molar-refractivity contribution in [2.24, 2.45) is 11.1 Å². The molecular weight excluding hydrogens is 320 g/mol. The van der Waals surface area contributed by atoms with Crippen molar-refractivity contribution < 1.29 is 14.3 Å². The van der Waals surface area contributed by atoms with Gasteiger partial charge in [0.15, 0.2) is 5.69 Å². The lowest BCUT2D eigenvalue weighted by Crippen LogP contribution is -2.32. The molecule has 2 fully saturated rings. The maximum Gasteiger partial charge on any atom is 0.274 e. The maximum absolute atomic E-state index is 12.9. The summed E-state index contributed by atoms with van der Waals surface area (Å²) in [6.07, 6.45) is 1.93. The van der Waals surface area contributed by atoms with Gasteiger partial charge in [0.05, 0.1) is 12.3 Å². The average Bonchev–Trinajstić information content (AvgIpc) is 3.36. The second-order valence-corrected chi connectivity index (χ2v) is 6.81. The highest BCUT2D eigenvalue weighted by Gasteiger charge is 2.43. The second kappa shape index (κ2) is 6.00. The maximum atomic E-state index is 12.9. The Balaban J connectivity index is 1.62. The van der Waals surface area contributed by atoms with Crippen LogP contribution in [0.15, 0.2) is 36.4 Å². The Hall–Kier alpha value is -2.67. The Morgan fingerprint density at radius 2 is 2.00 bits per heavy atom. The molecule has 1 unspecified atom stereocenters. The van der Waals surface area contributed by atoms with E-state index in [1.165, 1.54) is 10.7 Å². The van der Waals surface area contributed by atoms with Gasteiger partial charge in [-0.2, -0.15) is 5.10 Å². The van der Waals surface area contributed by atoms with E-state index < -0.39 is 5.91 Å². The van der Waals surface area contributed by atoms with Crippen LogP contribution in [-0.4, -0.2) is 52.8 Å². The van der Waals surface area contributed by atoms with Crippen LogP contribution in [0, 0.1) is 5.41 Å². The summed E-state index contributed by atoms with van der Waals surface area (Å²) in [6, 6.07) is 10.7. The molecule has 0 aliphatic carbocycles. The molecule has 1 aromatic heterocycles. The fourth-order valence-electron chi connectivity index (χ4n) is 3.67. The number of nitrogens with zero attached hydrogens (tertiary/aromatic N) is 3. The Morgan fingerprint density at radius 3 is 2.68 bits per heavy atom. The largest absolute Gasteiger partial charge is 0.381 e. The van der Waals surface area contributed by atoms with Crippen molar-refractivity contribution in [1.29, 1.82) is 0 Å². The van der Waals surface area contributed by atoms with Crippen molar-refractivity contribution in [3.8, 4) is 5.69 Å². The van der Waals surface area contributed by atoms with Crippen molar-refractivity contribution in [3.63, 3.8) is 0 Å². The predicted octanol–water partition coefficient (Wildman–Crippen LogP) is 1.22. The van der Waals surface area contributed by atoms with Crippen LogP contribution in [0.25, 0.3) is 5.69 Å². The molecule has 1 aromatic carbocycles. The Labute approximate surface area is 145 Å². The first-order valence-corrected chi connectivity index (χ1v) is 8.40. The van der Waals surface area contributed by atoms with E-state index in [9.17, 15) is 9.59 Å². The van der Waals surface area contributed by atoms with Gasteiger partial charge in [-0.05, 0) is 25.0 Å². The SMILES string of the molecule is NC(=O)c1cc(C(=O)N2CCC3(CCOC3)C2)nn1-c1ccccc1. The third-order valence-electron chi connectivity index (χ3n) is 5.09. The van der Waals surface area contributed by atoms with E-state index in [0.29, 0.717) is 25.4 Å². The highest BCUT2D eigenvalue weighted by atomic mass is 16.5. The molecule has 0 saturated carbocycles. The number of rotatable bonds is 3. The molecule has 2 aromatic rings. The lowest BCUT2D eigenvalue weighted by atomic mass is 9.87. The zero-order valence-corrected chi connectivity index (χ0v) is 13.9. The van der Waals surface area contributed by atoms with Crippen molar-refractivity contribution in [1.82, 2.24) is 14.7 Å². The summed E-state index contributed by atoms with van der Waals surface area (Å²) in [5.74, 6) is -0.779. The first-order chi connectivity index (χ1) is 12.1. The van der Waals surface area contributed by atoms with Gasteiger partial charge >= 0.3 is 0 Å². The molecule has 7 heteroatoms. The molecular formula is C18H20N4O3. The molecule has 1 spiro atoms. The van der Waals surface area contributed by atoms with Crippen molar-refractivity contribution in [2.75, 3.05) is 26.3 Å².